The summed E-state index contributed by atoms with van der Waals surface area (Å²) in [7, 11) is 3.02. The fourth-order valence-electron chi connectivity index (χ4n) is 4.30. The molecule has 1 aliphatic rings. The van der Waals surface area contributed by atoms with Gasteiger partial charge in [-0.3, -0.25) is 14.5 Å². The molecule has 1 saturated heterocycles. The second-order valence-electron chi connectivity index (χ2n) is 9.59. The van der Waals surface area contributed by atoms with Gasteiger partial charge in [0.15, 0.2) is 0 Å². The molecule has 0 aromatic heterocycles. The third kappa shape index (κ3) is 4.56. The average molecular weight is 506 g/mol. The molecule has 6 nitrogen and oxygen atoms in total. The van der Waals surface area contributed by atoms with Gasteiger partial charge in [-0.1, -0.05) is 62.7 Å². The van der Waals surface area contributed by atoms with Crippen LogP contribution < -0.4 is 14.4 Å². The van der Waals surface area contributed by atoms with Crippen LogP contribution in [-0.4, -0.2) is 31.0 Å². The number of hydrogen-bond acceptors (Lipinski definition) is 5. The van der Waals surface area contributed by atoms with Gasteiger partial charge in [0.1, 0.15) is 17.3 Å². The van der Waals surface area contributed by atoms with Crippen molar-refractivity contribution in [1.82, 2.24) is 0 Å². The quantitative estimate of drug-likeness (QED) is 0.251. The topological polar surface area (TPSA) is 76.1 Å². The zero-order chi connectivity index (χ0) is 26.2. The van der Waals surface area contributed by atoms with Crippen LogP contribution in [0.5, 0.6) is 11.5 Å². The maximum absolute atomic E-state index is 13.4. The Hall–Kier alpha value is -3.77. The second-order valence-corrected chi connectivity index (χ2v) is 10.00. The van der Waals surface area contributed by atoms with Crippen molar-refractivity contribution in [2.75, 3.05) is 19.1 Å². The molecule has 1 N–H and O–H groups in total. The van der Waals surface area contributed by atoms with Crippen LogP contribution in [0, 0.1) is 0 Å². The number of aliphatic hydroxyl groups is 1. The zero-order valence-electron chi connectivity index (χ0n) is 20.8. The Morgan fingerprint density at radius 3 is 2.17 bits per heavy atom. The van der Waals surface area contributed by atoms with Crippen LogP contribution in [0.15, 0.2) is 72.3 Å². The molecule has 4 rings (SSSR count). The summed E-state index contributed by atoms with van der Waals surface area (Å²) in [5.74, 6) is -0.943. The van der Waals surface area contributed by atoms with Crippen molar-refractivity contribution in [2.24, 2.45) is 0 Å². The van der Waals surface area contributed by atoms with Gasteiger partial charge in [-0.05, 0) is 46.9 Å². The number of anilines is 1. The number of Topliss-reactive ketones (excluding diaryl/α,β-unsaturated/α-hetero) is 1. The monoisotopic (exact) mass is 505 g/mol. The number of nitrogens with zero attached hydrogens (tertiary/aromatic N) is 1. The molecular formula is C29H28ClNO5. The van der Waals surface area contributed by atoms with E-state index in [2.05, 4.69) is 20.8 Å². The molecular weight excluding hydrogens is 478 g/mol. The van der Waals surface area contributed by atoms with E-state index in [1.54, 1.807) is 36.4 Å². The van der Waals surface area contributed by atoms with E-state index in [4.69, 9.17) is 21.1 Å². The fourth-order valence-corrected chi connectivity index (χ4v) is 4.50. The van der Waals surface area contributed by atoms with Crippen LogP contribution in [0.25, 0.3) is 5.76 Å². The number of halogens is 1. The molecule has 3 aromatic rings. The van der Waals surface area contributed by atoms with Gasteiger partial charge >= 0.3 is 0 Å². The van der Waals surface area contributed by atoms with Gasteiger partial charge in [0.05, 0.1) is 30.9 Å². The number of ketones is 1. The Morgan fingerprint density at radius 2 is 1.56 bits per heavy atom. The lowest BCUT2D eigenvalue weighted by atomic mass is 9.85. The standard InChI is InChI=1S/C29H28ClNO5/c1-29(2,3)18-11-9-17(10-12-18)25-24(26(32)22-16-21(36-5)13-14-23(22)30)27(33)28(34)31(25)19-7-6-8-20(15-19)35-4/h6-16,25,32H,1-5H3/b26-24+. The largest absolute Gasteiger partial charge is 0.507 e. The molecule has 0 bridgehead atoms. The Morgan fingerprint density at radius 1 is 0.917 bits per heavy atom. The molecule has 36 heavy (non-hydrogen) atoms. The first-order valence-corrected chi connectivity index (χ1v) is 11.8. The minimum Gasteiger partial charge on any atom is -0.507 e. The normalized spacial score (nSPS) is 17.4. The summed E-state index contributed by atoms with van der Waals surface area (Å²) in [5.41, 5.74) is 2.31. The Balaban J connectivity index is 1.96. The molecule has 3 aromatic carbocycles. The molecule has 1 aliphatic heterocycles. The highest BCUT2D eigenvalue weighted by atomic mass is 35.5. The molecule has 186 valence electrons. The van der Waals surface area contributed by atoms with E-state index in [-0.39, 0.29) is 27.3 Å². The smallest absolute Gasteiger partial charge is 0.300 e. The number of rotatable bonds is 5. The predicted molar refractivity (Wildman–Crippen MR) is 141 cm³/mol. The maximum atomic E-state index is 13.4. The van der Waals surface area contributed by atoms with E-state index < -0.39 is 17.7 Å². The summed E-state index contributed by atoms with van der Waals surface area (Å²) in [4.78, 5) is 28.2. The molecule has 1 unspecified atom stereocenters. The van der Waals surface area contributed by atoms with Gasteiger partial charge in [0, 0.05) is 17.3 Å². The molecule has 0 aliphatic carbocycles. The number of benzene rings is 3. The maximum Gasteiger partial charge on any atom is 0.300 e. The van der Waals surface area contributed by atoms with Crippen molar-refractivity contribution in [3.05, 3.63) is 94.0 Å². The summed E-state index contributed by atoms with van der Waals surface area (Å²) in [5, 5.41) is 11.6. The van der Waals surface area contributed by atoms with Crippen LogP contribution >= 0.6 is 11.6 Å². The molecule has 0 spiro atoms. The lowest BCUT2D eigenvalue weighted by Gasteiger charge is -2.27. The van der Waals surface area contributed by atoms with Crippen molar-refractivity contribution in [2.45, 2.75) is 32.2 Å². The number of ether oxygens (including phenoxy) is 2. The number of carbonyl (C=O) groups excluding carboxylic acids is 2. The highest BCUT2D eigenvalue weighted by Crippen LogP contribution is 2.44. The van der Waals surface area contributed by atoms with E-state index in [1.807, 2.05) is 24.3 Å². The van der Waals surface area contributed by atoms with Crippen LogP contribution in [0.2, 0.25) is 5.02 Å². The minimum absolute atomic E-state index is 0.0542. The number of methoxy groups -OCH3 is 2. The summed E-state index contributed by atoms with van der Waals surface area (Å²) in [6.07, 6.45) is 0. The predicted octanol–water partition coefficient (Wildman–Crippen LogP) is 6.28. The molecule has 7 heteroatoms. The van der Waals surface area contributed by atoms with Crippen molar-refractivity contribution in [3.8, 4) is 11.5 Å². The van der Waals surface area contributed by atoms with Crippen molar-refractivity contribution in [1.29, 1.82) is 0 Å². The first kappa shape index (κ1) is 25.3. The second kappa shape index (κ2) is 9.70. The Labute approximate surface area is 215 Å². The number of aliphatic hydroxyl groups excluding tert-OH is 1. The summed E-state index contributed by atoms with van der Waals surface area (Å²) in [6.45, 7) is 6.32. The molecule has 1 fully saturated rings. The van der Waals surface area contributed by atoms with Crippen molar-refractivity contribution in [3.63, 3.8) is 0 Å². The molecule has 0 saturated carbocycles. The molecule has 1 atom stereocenters. The van der Waals surface area contributed by atoms with E-state index in [1.165, 1.54) is 25.2 Å². The lowest BCUT2D eigenvalue weighted by Crippen LogP contribution is -2.29. The van der Waals surface area contributed by atoms with E-state index >= 15 is 0 Å². The molecule has 0 radical (unpaired) electrons. The third-order valence-corrected chi connectivity index (χ3v) is 6.63. The number of amides is 1. The van der Waals surface area contributed by atoms with E-state index in [0.717, 1.165) is 5.56 Å². The van der Waals surface area contributed by atoms with E-state index in [9.17, 15) is 14.7 Å². The third-order valence-electron chi connectivity index (χ3n) is 6.30. The first-order chi connectivity index (χ1) is 17.1. The number of carbonyl (C=O) groups is 2. The van der Waals surface area contributed by atoms with Gasteiger partial charge in [-0.25, -0.2) is 0 Å². The Kier molecular flexibility index (Phi) is 6.83. The lowest BCUT2D eigenvalue weighted by molar-refractivity contribution is -0.132. The van der Waals surface area contributed by atoms with Crippen LogP contribution in [0.3, 0.4) is 0 Å². The van der Waals surface area contributed by atoms with Gasteiger partial charge in [0.25, 0.3) is 11.7 Å². The fraction of sp³-hybridized carbons (Fsp3) is 0.241. The first-order valence-electron chi connectivity index (χ1n) is 11.5. The van der Waals surface area contributed by atoms with Gasteiger partial charge in [-0.15, -0.1) is 0 Å². The van der Waals surface area contributed by atoms with Gasteiger partial charge in [0.2, 0.25) is 0 Å². The van der Waals surface area contributed by atoms with Gasteiger partial charge < -0.3 is 14.6 Å². The summed E-state index contributed by atoms with van der Waals surface area (Å²) >= 11 is 6.39. The van der Waals surface area contributed by atoms with Gasteiger partial charge in [-0.2, -0.15) is 0 Å². The SMILES string of the molecule is COc1cccc(N2C(=O)C(=O)/C(=C(/O)c3cc(OC)ccc3Cl)C2c2ccc(C(C)(C)C)cc2)c1. The van der Waals surface area contributed by atoms with Crippen molar-refractivity contribution >= 4 is 34.7 Å². The van der Waals surface area contributed by atoms with Crippen LogP contribution in [0.1, 0.15) is 43.5 Å². The van der Waals surface area contributed by atoms with Crippen LogP contribution in [-0.2, 0) is 15.0 Å². The Bertz CT molecular complexity index is 1350. The van der Waals surface area contributed by atoms with Crippen molar-refractivity contribution < 1.29 is 24.2 Å². The summed E-state index contributed by atoms with van der Waals surface area (Å²) < 4.78 is 10.6. The molecule has 1 heterocycles. The highest BCUT2D eigenvalue weighted by Gasteiger charge is 2.47. The minimum atomic E-state index is -0.881. The molecule has 1 amide bonds. The zero-order valence-corrected chi connectivity index (χ0v) is 21.6. The van der Waals surface area contributed by atoms with E-state index in [0.29, 0.717) is 22.7 Å². The number of hydrogen-bond donors (Lipinski definition) is 1. The average Bonchev–Trinajstić information content (AvgIpc) is 3.13. The van der Waals surface area contributed by atoms with Crippen LogP contribution in [0.4, 0.5) is 5.69 Å². The summed E-state index contributed by atoms with van der Waals surface area (Å²) in [6, 6.07) is 18.5. The highest BCUT2D eigenvalue weighted by molar-refractivity contribution is 6.52.